The molecule has 158 valence electrons. The number of carbonyl (C=O) groups is 3. The van der Waals surface area contributed by atoms with Crippen molar-refractivity contribution in [1.82, 2.24) is 10.7 Å². The largest absolute Gasteiger partial charge is 0.494 e. The first kappa shape index (κ1) is 22.4. The van der Waals surface area contributed by atoms with Crippen molar-refractivity contribution < 1.29 is 29.0 Å². The van der Waals surface area contributed by atoms with E-state index in [2.05, 4.69) is 15.8 Å². The first-order valence-corrected chi connectivity index (χ1v) is 9.25. The number of carbonyl (C=O) groups excluding carboxylic acids is 2. The van der Waals surface area contributed by atoms with Gasteiger partial charge in [0.05, 0.1) is 19.4 Å². The quantitative estimate of drug-likeness (QED) is 0.381. The lowest BCUT2D eigenvalue weighted by molar-refractivity contribution is -0.139. The van der Waals surface area contributed by atoms with E-state index in [1.807, 2.05) is 6.92 Å². The number of carboxylic acids is 1. The van der Waals surface area contributed by atoms with Crippen molar-refractivity contribution in [1.29, 1.82) is 0 Å². The molecule has 9 heteroatoms. The zero-order valence-electron chi connectivity index (χ0n) is 16.5. The summed E-state index contributed by atoms with van der Waals surface area (Å²) in [6.45, 7) is 1.96. The molecular formula is C21H23N3O6. The number of hydrogen-bond acceptors (Lipinski definition) is 6. The zero-order chi connectivity index (χ0) is 21.8. The first-order valence-electron chi connectivity index (χ1n) is 9.25. The summed E-state index contributed by atoms with van der Waals surface area (Å²) >= 11 is 0. The molecule has 0 bridgehead atoms. The van der Waals surface area contributed by atoms with Crippen molar-refractivity contribution in [2.75, 3.05) is 19.8 Å². The molecule has 0 aliphatic carbocycles. The molecule has 9 nitrogen and oxygen atoms in total. The van der Waals surface area contributed by atoms with E-state index < -0.39 is 18.5 Å². The van der Waals surface area contributed by atoms with Crippen LogP contribution in [0, 0.1) is 0 Å². The van der Waals surface area contributed by atoms with Gasteiger partial charge in [-0.15, -0.1) is 0 Å². The lowest BCUT2D eigenvalue weighted by Crippen LogP contribution is -2.34. The number of hydrazone groups is 1. The molecule has 0 aliphatic rings. The van der Waals surface area contributed by atoms with E-state index in [1.165, 1.54) is 6.21 Å². The van der Waals surface area contributed by atoms with E-state index in [9.17, 15) is 14.4 Å². The van der Waals surface area contributed by atoms with E-state index in [1.54, 1.807) is 48.5 Å². The van der Waals surface area contributed by atoms with Gasteiger partial charge in [-0.05, 0) is 60.5 Å². The van der Waals surface area contributed by atoms with Crippen LogP contribution in [0.25, 0.3) is 0 Å². The van der Waals surface area contributed by atoms with Crippen LogP contribution in [0.2, 0.25) is 0 Å². The molecular weight excluding hydrogens is 390 g/mol. The molecule has 0 spiro atoms. The van der Waals surface area contributed by atoms with E-state index in [0.717, 1.165) is 6.42 Å². The average molecular weight is 413 g/mol. The highest BCUT2D eigenvalue weighted by molar-refractivity contribution is 5.96. The second-order valence-electron chi connectivity index (χ2n) is 6.10. The summed E-state index contributed by atoms with van der Waals surface area (Å²) in [5.74, 6) is -0.835. The number of nitrogens with zero attached hydrogens (tertiary/aromatic N) is 1. The maximum atomic E-state index is 12.1. The average Bonchev–Trinajstić information content (AvgIpc) is 2.75. The van der Waals surface area contributed by atoms with Gasteiger partial charge in [0.1, 0.15) is 11.5 Å². The lowest BCUT2D eigenvalue weighted by atomic mass is 10.2. The van der Waals surface area contributed by atoms with E-state index >= 15 is 0 Å². The molecule has 2 amide bonds. The molecule has 0 heterocycles. The van der Waals surface area contributed by atoms with E-state index in [0.29, 0.717) is 29.2 Å². The molecule has 30 heavy (non-hydrogen) atoms. The molecule has 0 unspecified atom stereocenters. The predicted molar refractivity (Wildman–Crippen MR) is 110 cm³/mol. The maximum absolute atomic E-state index is 12.1. The number of benzene rings is 2. The van der Waals surface area contributed by atoms with Crippen LogP contribution in [-0.4, -0.2) is 48.9 Å². The van der Waals surface area contributed by atoms with Crippen LogP contribution in [-0.2, 0) is 9.59 Å². The van der Waals surface area contributed by atoms with Crippen LogP contribution < -0.4 is 20.2 Å². The molecule has 0 aliphatic heterocycles. The number of hydrogen-bond donors (Lipinski definition) is 3. The molecule has 0 saturated heterocycles. The summed E-state index contributed by atoms with van der Waals surface area (Å²) in [6.07, 6.45) is 2.31. The van der Waals surface area contributed by atoms with Gasteiger partial charge in [-0.25, -0.2) is 10.2 Å². The molecule has 0 radical (unpaired) electrons. The number of carboxylic acid groups (broad SMARTS) is 1. The Balaban J connectivity index is 1.73. The fourth-order valence-corrected chi connectivity index (χ4v) is 2.20. The van der Waals surface area contributed by atoms with Crippen LogP contribution in [0.3, 0.4) is 0 Å². The number of aliphatic carboxylic acids is 1. The van der Waals surface area contributed by atoms with Gasteiger partial charge in [-0.3, -0.25) is 9.59 Å². The monoisotopic (exact) mass is 413 g/mol. The number of rotatable bonds is 11. The Kier molecular flexibility index (Phi) is 8.85. The third-order valence-corrected chi connectivity index (χ3v) is 3.64. The number of amides is 2. The summed E-state index contributed by atoms with van der Waals surface area (Å²) in [7, 11) is 0. The Morgan fingerprint density at radius 2 is 1.63 bits per heavy atom. The standard InChI is InChI=1S/C21H23N3O6/c1-2-11-29-17-9-5-16(6-10-17)21(28)22-13-19(25)24-23-12-15-3-7-18(8-4-15)30-14-20(26)27/h3-10,12H,2,11,13-14H2,1H3,(H,22,28)(H,24,25)(H,26,27). The van der Waals surface area contributed by atoms with Crippen molar-refractivity contribution in [2.45, 2.75) is 13.3 Å². The fourth-order valence-electron chi connectivity index (χ4n) is 2.20. The highest BCUT2D eigenvalue weighted by Crippen LogP contribution is 2.12. The van der Waals surface area contributed by atoms with Crippen LogP contribution in [0.15, 0.2) is 53.6 Å². The Hall–Kier alpha value is -3.88. The van der Waals surface area contributed by atoms with Crippen molar-refractivity contribution >= 4 is 24.0 Å². The maximum Gasteiger partial charge on any atom is 0.341 e. The minimum Gasteiger partial charge on any atom is -0.494 e. The second kappa shape index (κ2) is 11.8. The predicted octanol–water partition coefficient (Wildman–Crippen LogP) is 1.82. The van der Waals surface area contributed by atoms with Gasteiger partial charge in [-0.2, -0.15) is 5.10 Å². The van der Waals surface area contributed by atoms with Gasteiger partial charge in [0.15, 0.2) is 6.61 Å². The molecule has 2 aromatic rings. The van der Waals surface area contributed by atoms with Gasteiger partial charge < -0.3 is 19.9 Å². The summed E-state index contributed by atoms with van der Waals surface area (Å²) in [6, 6.07) is 13.1. The van der Waals surface area contributed by atoms with Crippen molar-refractivity contribution in [3.8, 4) is 11.5 Å². The summed E-state index contributed by atoms with van der Waals surface area (Å²) in [5, 5.41) is 14.9. The van der Waals surface area contributed by atoms with Gasteiger partial charge in [-0.1, -0.05) is 6.92 Å². The zero-order valence-corrected chi connectivity index (χ0v) is 16.5. The smallest absolute Gasteiger partial charge is 0.341 e. The summed E-state index contributed by atoms with van der Waals surface area (Å²) < 4.78 is 10.5. The minimum atomic E-state index is -1.06. The summed E-state index contributed by atoms with van der Waals surface area (Å²) in [4.78, 5) is 34.3. The Morgan fingerprint density at radius 1 is 1.00 bits per heavy atom. The molecule has 0 saturated carbocycles. The lowest BCUT2D eigenvalue weighted by Gasteiger charge is -2.07. The van der Waals surface area contributed by atoms with E-state index in [-0.39, 0.29) is 12.5 Å². The van der Waals surface area contributed by atoms with Gasteiger partial charge in [0.25, 0.3) is 11.8 Å². The molecule has 0 atom stereocenters. The van der Waals surface area contributed by atoms with Gasteiger partial charge in [0, 0.05) is 5.56 Å². The van der Waals surface area contributed by atoms with Crippen LogP contribution in [0.4, 0.5) is 0 Å². The Morgan fingerprint density at radius 3 is 2.27 bits per heavy atom. The van der Waals surface area contributed by atoms with Crippen LogP contribution in [0.1, 0.15) is 29.3 Å². The molecule has 0 aromatic heterocycles. The van der Waals surface area contributed by atoms with Crippen molar-refractivity contribution in [2.24, 2.45) is 5.10 Å². The third-order valence-electron chi connectivity index (χ3n) is 3.64. The molecule has 3 N–H and O–H groups in total. The molecule has 2 rings (SSSR count). The van der Waals surface area contributed by atoms with Crippen LogP contribution >= 0.6 is 0 Å². The Labute approximate surface area is 173 Å². The van der Waals surface area contributed by atoms with Crippen molar-refractivity contribution in [3.05, 3.63) is 59.7 Å². The fraction of sp³-hybridized carbons (Fsp3) is 0.238. The molecule has 0 fully saturated rings. The minimum absolute atomic E-state index is 0.230. The third kappa shape index (κ3) is 8.01. The normalized spacial score (nSPS) is 10.4. The van der Waals surface area contributed by atoms with Gasteiger partial charge in [0.2, 0.25) is 0 Å². The highest BCUT2D eigenvalue weighted by Gasteiger charge is 2.08. The summed E-state index contributed by atoms with van der Waals surface area (Å²) in [5.41, 5.74) is 3.40. The van der Waals surface area contributed by atoms with Gasteiger partial charge >= 0.3 is 5.97 Å². The number of ether oxygens (including phenoxy) is 2. The Bertz CT molecular complexity index is 879. The number of nitrogens with one attached hydrogen (secondary N) is 2. The van der Waals surface area contributed by atoms with Crippen molar-refractivity contribution in [3.63, 3.8) is 0 Å². The first-order chi connectivity index (χ1) is 14.5. The second-order valence-corrected chi connectivity index (χ2v) is 6.10. The highest BCUT2D eigenvalue weighted by atomic mass is 16.5. The topological polar surface area (TPSA) is 126 Å². The van der Waals surface area contributed by atoms with Crippen LogP contribution in [0.5, 0.6) is 11.5 Å². The SMILES string of the molecule is CCCOc1ccc(C(=O)NCC(=O)NN=Cc2ccc(OCC(=O)O)cc2)cc1. The molecule has 2 aromatic carbocycles. The van der Waals surface area contributed by atoms with E-state index in [4.69, 9.17) is 14.6 Å².